The van der Waals surface area contributed by atoms with Gasteiger partial charge in [-0.05, 0) is 42.8 Å². The van der Waals surface area contributed by atoms with Crippen LogP contribution in [0.2, 0.25) is 10.0 Å². The molecule has 0 aliphatic carbocycles. The number of thioether (sulfide) groups is 1. The Morgan fingerprint density at radius 1 is 1.04 bits per heavy atom. The third kappa shape index (κ3) is 5.21. The van der Waals surface area contributed by atoms with Crippen LogP contribution in [-0.4, -0.2) is 26.5 Å². The Kier molecular flexibility index (Phi) is 7.56. The standard InChI is InChI=1S/C18H21Cl2NO2S/c1-12(13-4-7-16(22-2)17(10-13)23-3)21-8-9-24-18-11-14(19)5-6-15(18)20/h4-7,10-12,21H,8-9H2,1-3H3. The second-order valence-electron chi connectivity index (χ2n) is 5.21. The third-order valence-corrected chi connectivity index (χ3v) is 5.34. The van der Waals surface area contributed by atoms with Crippen molar-refractivity contribution in [1.82, 2.24) is 5.32 Å². The van der Waals surface area contributed by atoms with E-state index in [4.69, 9.17) is 32.7 Å². The van der Waals surface area contributed by atoms with E-state index in [-0.39, 0.29) is 6.04 Å². The van der Waals surface area contributed by atoms with E-state index in [1.807, 2.05) is 30.3 Å². The van der Waals surface area contributed by atoms with Crippen LogP contribution in [0, 0.1) is 0 Å². The second-order valence-corrected chi connectivity index (χ2v) is 7.19. The van der Waals surface area contributed by atoms with Crippen LogP contribution in [0.3, 0.4) is 0 Å². The fourth-order valence-corrected chi connectivity index (χ4v) is 3.64. The molecule has 3 nitrogen and oxygen atoms in total. The Morgan fingerprint density at radius 3 is 2.50 bits per heavy atom. The van der Waals surface area contributed by atoms with Gasteiger partial charge in [-0.25, -0.2) is 0 Å². The summed E-state index contributed by atoms with van der Waals surface area (Å²) in [5, 5.41) is 4.93. The summed E-state index contributed by atoms with van der Waals surface area (Å²) in [6, 6.07) is 11.7. The highest BCUT2D eigenvalue weighted by Gasteiger charge is 2.10. The van der Waals surface area contributed by atoms with Crippen LogP contribution in [0.25, 0.3) is 0 Å². The van der Waals surface area contributed by atoms with E-state index in [0.29, 0.717) is 5.02 Å². The smallest absolute Gasteiger partial charge is 0.161 e. The molecule has 2 rings (SSSR count). The van der Waals surface area contributed by atoms with Crippen molar-refractivity contribution >= 4 is 35.0 Å². The number of ether oxygens (including phenoxy) is 2. The lowest BCUT2D eigenvalue weighted by Crippen LogP contribution is -2.21. The van der Waals surface area contributed by atoms with E-state index in [0.717, 1.165) is 39.3 Å². The number of nitrogens with one attached hydrogen (secondary N) is 1. The highest BCUT2D eigenvalue weighted by molar-refractivity contribution is 7.99. The number of rotatable bonds is 8. The first kappa shape index (κ1) is 19.3. The molecule has 0 saturated carbocycles. The van der Waals surface area contributed by atoms with Crippen molar-refractivity contribution in [1.29, 1.82) is 0 Å². The molecule has 0 aliphatic heterocycles. The van der Waals surface area contributed by atoms with Gasteiger partial charge in [0.25, 0.3) is 0 Å². The zero-order valence-electron chi connectivity index (χ0n) is 13.9. The van der Waals surface area contributed by atoms with Crippen LogP contribution in [0.1, 0.15) is 18.5 Å². The molecule has 0 fully saturated rings. The quantitative estimate of drug-likeness (QED) is 0.483. The van der Waals surface area contributed by atoms with E-state index in [1.165, 1.54) is 0 Å². The minimum absolute atomic E-state index is 0.209. The summed E-state index contributed by atoms with van der Waals surface area (Å²) in [6.45, 7) is 2.97. The normalized spacial score (nSPS) is 12.0. The average Bonchev–Trinajstić information content (AvgIpc) is 2.60. The Hall–Kier alpha value is -1.07. The van der Waals surface area contributed by atoms with Crippen LogP contribution in [0.5, 0.6) is 11.5 Å². The molecule has 130 valence electrons. The molecule has 2 aromatic rings. The molecular weight excluding hydrogens is 365 g/mol. The fourth-order valence-electron chi connectivity index (χ4n) is 2.26. The lowest BCUT2D eigenvalue weighted by molar-refractivity contribution is 0.354. The summed E-state index contributed by atoms with van der Waals surface area (Å²) >= 11 is 13.9. The summed E-state index contributed by atoms with van der Waals surface area (Å²) in [6.07, 6.45) is 0. The van der Waals surface area contributed by atoms with E-state index in [1.54, 1.807) is 32.0 Å². The monoisotopic (exact) mass is 385 g/mol. The van der Waals surface area contributed by atoms with Gasteiger partial charge in [-0.3, -0.25) is 0 Å². The van der Waals surface area contributed by atoms with Gasteiger partial charge in [0.1, 0.15) is 0 Å². The maximum absolute atomic E-state index is 6.17. The van der Waals surface area contributed by atoms with Gasteiger partial charge in [0.05, 0.1) is 19.2 Å². The zero-order chi connectivity index (χ0) is 17.5. The van der Waals surface area contributed by atoms with Crippen molar-refractivity contribution in [3.05, 3.63) is 52.0 Å². The van der Waals surface area contributed by atoms with E-state index in [2.05, 4.69) is 12.2 Å². The van der Waals surface area contributed by atoms with Crippen molar-refractivity contribution in [3.8, 4) is 11.5 Å². The molecular formula is C18H21Cl2NO2S. The topological polar surface area (TPSA) is 30.5 Å². The van der Waals surface area contributed by atoms with Crippen LogP contribution in [0.4, 0.5) is 0 Å². The number of benzene rings is 2. The highest BCUT2D eigenvalue weighted by atomic mass is 35.5. The summed E-state index contributed by atoms with van der Waals surface area (Å²) < 4.78 is 10.6. The lowest BCUT2D eigenvalue weighted by atomic mass is 10.1. The van der Waals surface area contributed by atoms with Gasteiger partial charge in [-0.15, -0.1) is 11.8 Å². The molecule has 0 amide bonds. The minimum atomic E-state index is 0.209. The first-order chi connectivity index (χ1) is 11.5. The van der Waals surface area contributed by atoms with E-state index >= 15 is 0 Å². The fraction of sp³-hybridized carbons (Fsp3) is 0.333. The first-order valence-corrected chi connectivity index (χ1v) is 9.32. The molecule has 0 aliphatic rings. The molecule has 1 atom stereocenters. The molecule has 2 aromatic carbocycles. The van der Waals surface area contributed by atoms with Gasteiger partial charge in [-0.2, -0.15) is 0 Å². The number of methoxy groups -OCH3 is 2. The highest BCUT2D eigenvalue weighted by Crippen LogP contribution is 2.31. The number of hydrogen-bond acceptors (Lipinski definition) is 4. The molecule has 0 aromatic heterocycles. The summed E-state index contributed by atoms with van der Waals surface area (Å²) in [7, 11) is 3.28. The van der Waals surface area contributed by atoms with Crippen molar-refractivity contribution in [2.45, 2.75) is 17.9 Å². The van der Waals surface area contributed by atoms with Crippen LogP contribution >= 0.6 is 35.0 Å². The van der Waals surface area contributed by atoms with E-state index < -0.39 is 0 Å². The van der Waals surface area contributed by atoms with Gasteiger partial charge >= 0.3 is 0 Å². The van der Waals surface area contributed by atoms with E-state index in [9.17, 15) is 0 Å². The SMILES string of the molecule is COc1ccc(C(C)NCCSc2cc(Cl)ccc2Cl)cc1OC. The molecule has 0 heterocycles. The second kappa shape index (κ2) is 9.42. The summed E-state index contributed by atoms with van der Waals surface area (Å²) in [5.41, 5.74) is 1.15. The predicted molar refractivity (Wildman–Crippen MR) is 103 cm³/mol. The molecule has 0 bridgehead atoms. The van der Waals surface area contributed by atoms with Gasteiger partial charge in [-0.1, -0.05) is 29.3 Å². The van der Waals surface area contributed by atoms with Crippen LogP contribution in [0.15, 0.2) is 41.3 Å². The summed E-state index contributed by atoms with van der Waals surface area (Å²) in [4.78, 5) is 1.00. The predicted octanol–water partition coefficient (Wildman–Crippen LogP) is 5.45. The van der Waals surface area contributed by atoms with Gasteiger partial charge in [0, 0.05) is 28.3 Å². The third-order valence-electron chi connectivity index (χ3n) is 3.61. The van der Waals surface area contributed by atoms with Crippen molar-refractivity contribution in [3.63, 3.8) is 0 Å². The molecule has 1 unspecified atom stereocenters. The zero-order valence-corrected chi connectivity index (χ0v) is 16.3. The molecule has 0 spiro atoms. The number of halogens is 2. The maximum Gasteiger partial charge on any atom is 0.161 e. The molecule has 6 heteroatoms. The largest absolute Gasteiger partial charge is 0.493 e. The lowest BCUT2D eigenvalue weighted by Gasteiger charge is -2.16. The Labute approximate surface area is 157 Å². The average molecular weight is 386 g/mol. The van der Waals surface area contributed by atoms with Gasteiger partial charge in [0.2, 0.25) is 0 Å². The van der Waals surface area contributed by atoms with Crippen molar-refractivity contribution in [2.75, 3.05) is 26.5 Å². The minimum Gasteiger partial charge on any atom is -0.493 e. The molecule has 0 saturated heterocycles. The Balaban J connectivity index is 1.87. The molecule has 0 radical (unpaired) electrons. The molecule has 1 N–H and O–H groups in total. The van der Waals surface area contributed by atoms with Crippen molar-refractivity contribution in [2.24, 2.45) is 0 Å². The Bertz CT molecular complexity index is 682. The maximum atomic E-state index is 6.17. The first-order valence-electron chi connectivity index (χ1n) is 7.58. The van der Waals surface area contributed by atoms with Crippen LogP contribution in [-0.2, 0) is 0 Å². The Morgan fingerprint density at radius 2 is 1.79 bits per heavy atom. The van der Waals surface area contributed by atoms with Gasteiger partial charge in [0.15, 0.2) is 11.5 Å². The number of hydrogen-bond donors (Lipinski definition) is 1. The van der Waals surface area contributed by atoms with Crippen molar-refractivity contribution < 1.29 is 9.47 Å². The molecule has 24 heavy (non-hydrogen) atoms. The summed E-state index contributed by atoms with van der Waals surface area (Å²) in [5.74, 6) is 2.38. The van der Waals surface area contributed by atoms with Crippen LogP contribution < -0.4 is 14.8 Å². The van der Waals surface area contributed by atoms with Gasteiger partial charge < -0.3 is 14.8 Å².